The number of anilines is 2. The summed E-state index contributed by atoms with van der Waals surface area (Å²) in [6.07, 6.45) is 6.31. The first kappa shape index (κ1) is 10.4. The lowest BCUT2D eigenvalue weighted by Crippen LogP contribution is -2.12. The second kappa shape index (κ2) is 3.62. The molecule has 3 heteroatoms. The maximum atomic E-state index is 5.96. The largest absolute Gasteiger partial charge is 0.398 e. The number of benzene rings is 1. The van der Waals surface area contributed by atoms with Gasteiger partial charge in [-0.1, -0.05) is 6.92 Å². The molecule has 1 heterocycles. The first-order chi connectivity index (χ1) is 8.18. The summed E-state index contributed by atoms with van der Waals surface area (Å²) >= 11 is 0. The molecule has 2 aromatic rings. The number of nitrogens with two attached hydrogens (primary N) is 1. The molecule has 0 saturated heterocycles. The Kier molecular flexibility index (Phi) is 2.21. The van der Waals surface area contributed by atoms with Gasteiger partial charge in [0.05, 0.1) is 0 Å². The molecule has 88 valence electrons. The van der Waals surface area contributed by atoms with Gasteiger partial charge in [-0.3, -0.25) is 4.98 Å². The van der Waals surface area contributed by atoms with Crippen molar-refractivity contribution in [1.82, 2.24) is 4.98 Å². The van der Waals surface area contributed by atoms with Crippen LogP contribution in [0, 0.1) is 5.41 Å². The summed E-state index contributed by atoms with van der Waals surface area (Å²) in [6, 6.07) is 5.97. The van der Waals surface area contributed by atoms with E-state index >= 15 is 0 Å². The minimum atomic E-state index is 0.496. The highest BCUT2D eigenvalue weighted by molar-refractivity contribution is 6.00. The molecule has 0 amide bonds. The lowest BCUT2D eigenvalue weighted by molar-refractivity contribution is 0.611. The molecule has 3 rings (SSSR count). The average Bonchev–Trinajstić information content (AvgIpc) is 3.08. The third-order valence-corrected chi connectivity index (χ3v) is 3.66. The van der Waals surface area contributed by atoms with Crippen molar-refractivity contribution >= 4 is 22.1 Å². The number of fused-ring (bicyclic) bond motifs is 1. The molecule has 1 fully saturated rings. The van der Waals surface area contributed by atoms with Crippen LogP contribution in [0.15, 0.2) is 30.6 Å². The number of hydrogen-bond donors (Lipinski definition) is 2. The van der Waals surface area contributed by atoms with Crippen LogP contribution in [0.25, 0.3) is 10.8 Å². The quantitative estimate of drug-likeness (QED) is 0.792. The second-order valence-electron chi connectivity index (χ2n) is 5.29. The van der Waals surface area contributed by atoms with Crippen LogP contribution >= 0.6 is 0 Å². The monoisotopic (exact) mass is 227 g/mol. The smallest absolute Gasteiger partial charge is 0.0437 e. The zero-order valence-electron chi connectivity index (χ0n) is 10.0. The van der Waals surface area contributed by atoms with Crippen LogP contribution in [0.4, 0.5) is 11.4 Å². The highest BCUT2D eigenvalue weighted by Gasteiger charge is 2.36. The van der Waals surface area contributed by atoms with Crippen LogP contribution in [0.2, 0.25) is 0 Å². The molecule has 3 N–H and O–H groups in total. The summed E-state index contributed by atoms with van der Waals surface area (Å²) in [5.41, 5.74) is 8.41. The Morgan fingerprint density at radius 1 is 1.29 bits per heavy atom. The molecular weight excluding hydrogens is 210 g/mol. The third-order valence-electron chi connectivity index (χ3n) is 3.66. The minimum Gasteiger partial charge on any atom is -0.398 e. The number of aromatic nitrogens is 1. The van der Waals surface area contributed by atoms with Gasteiger partial charge in [0.15, 0.2) is 0 Å². The zero-order valence-corrected chi connectivity index (χ0v) is 10.0. The zero-order chi connectivity index (χ0) is 11.9. The van der Waals surface area contributed by atoms with Crippen molar-refractivity contribution in [2.45, 2.75) is 19.8 Å². The number of hydrogen-bond acceptors (Lipinski definition) is 3. The van der Waals surface area contributed by atoms with Gasteiger partial charge < -0.3 is 11.1 Å². The van der Waals surface area contributed by atoms with Gasteiger partial charge in [0.2, 0.25) is 0 Å². The van der Waals surface area contributed by atoms with Crippen molar-refractivity contribution in [1.29, 1.82) is 0 Å². The van der Waals surface area contributed by atoms with Gasteiger partial charge in [0.25, 0.3) is 0 Å². The van der Waals surface area contributed by atoms with Crippen molar-refractivity contribution in [2.75, 3.05) is 17.6 Å². The lowest BCUT2D eigenvalue weighted by atomic mass is 10.1. The SMILES string of the molecule is CC1(CNc2ccc(N)c3ccncc23)CC1. The van der Waals surface area contributed by atoms with Gasteiger partial charge >= 0.3 is 0 Å². The Hall–Kier alpha value is -1.77. The number of nitrogens with zero attached hydrogens (tertiary/aromatic N) is 1. The standard InChI is InChI=1S/C14H17N3/c1-14(5-6-14)9-17-13-3-2-12(15)10-4-7-16-8-11(10)13/h2-4,7-8,17H,5-6,9,15H2,1H3. The Bertz CT molecular complexity index is 558. The van der Waals surface area contributed by atoms with Crippen LogP contribution in [-0.2, 0) is 0 Å². The summed E-state index contributed by atoms with van der Waals surface area (Å²) in [4.78, 5) is 4.18. The maximum absolute atomic E-state index is 5.96. The van der Waals surface area contributed by atoms with Gasteiger partial charge in [0.1, 0.15) is 0 Å². The Morgan fingerprint density at radius 3 is 2.88 bits per heavy atom. The van der Waals surface area contributed by atoms with Gasteiger partial charge in [0, 0.05) is 41.1 Å². The minimum absolute atomic E-state index is 0.496. The summed E-state index contributed by atoms with van der Waals surface area (Å²) in [5.74, 6) is 0. The Balaban J connectivity index is 1.96. The fourth-order valence-electron chi connectivity index (χ4n) is 2.07. The van der Waals surface area contributed by atoms with Crippen molar-refractivity contribution < 1.29 is 0 Å². The van der Waals surface area contributed by atoms with E-state index in [0.29, 0.717) is 5.41 Å². The van der Waals surface area contributed by atoms with E-state index in [0.717, 1.165) is 28.7 Å². The summed E-state index contributed by atoms with van der Waals surface area (Å²) in [6.45, 7) is 3.35. The number of rotatable bonds is 3. The van der Waals surface area contributed by atoms with E-state index in [1.807, 2.05) is 24.4 Å². The topological polar surface area (TPSA) is 50.9 Å². The molecule has 0 unspecified atom stereocenters. The fraction of sp³-hybridized carbons (Fsp3) is 0.357. The second-order valence-corrected chi connectivity index (χ2v) is 5.29. The summed E-state index contributed by atoms with van der Waals surface area (Å²) in [7, 11) is 0. The highest BCUT2D eigenvalue weighted by atomic mass is 14.9. The molecule has 1 aliphatic rings. The predicted molar refractivity (Wildman–Crippen MR) is 72.0 cm³/mol. The molecule has 0 spiro atoms. The van der Waals surface area contributed by atoms with Gasteiger partial charge in [-0.25, -0.2) is 0 Å². The summed E-state index contributed by atoms with van der Waals surface area (Å²) < 4.78 is 0. The van der Waals surface area contributed by atoms with E-state index in [-0.39, 0.29) is 0 Å². The number of nitrogens with one attached hydrogen (secondary N) is 1. The van der Waals surface area contributed by atoms with E-state index < -0.39 is 0 Å². The Morgan fingerprint density at radius 2 is 2.12 bits per heavy atom. The van der Waals surface area contributed by atoms with E-state index in [2.05, 4.69) is 17.2 Å². The molecule has 0 aliphatic heterocycles. The van der Waals surface area contributed by atoms with Gasteiger partial charge in [-0.2, -0.15) is 0 Å². The summed E-state index contributed by atoms with van der Waals surface area (Å²) in [5, 5.41) is 5.70. The highest BCUT2D eigenvalue weighted by Crippen LogP contribution is 2.45. The fourth-order valence-corrected chi connectivity index (χ4v) is 2.07. The predicted octanol–water partition coefficient (Wildman–Crippen LogP) is 3.03. The first-order valence-corrected chi connectivity index (χ1v) is 6.04. The molecule has 3 nitrogen and oxygen atoms in total. The van der Waals surface area contributed by atoms with Crippen LogP contribution in [0.5, 0.6) is 0 Å². The molecule has 1 aliphatic carbocycles. The normalized spacial score (nSPS) is 17.0. The van der Waals surface area contributed by atoms with E-state index in [1.165, 1.54) is 12.8 Å². The molecule has 0 atom stereocenters. The van der Waals surface area contributed by atoms with E-state index in [9.17, 15) is 0 Å². The Labute approximate surface area is 101 Å². The van der Waals surface area contributed by atoms with Gasteiger partial charge in [-0.05, 0) is 36.5 Å². The molecule has 1 saturated carbocycles. The molecule has 0 bridgehead atoms. The van der Waals surface area contributed by atoms with Crippen LogP contribution in [0.3, 0.4) is 0 Å². The van der Waals surface area contributed by atoms with E-state index in [4.69, 9.17) is 5.73 Å². The molecular formula is C14H17N3. The average molecular weight is 227 g/mol. The van der Waals surface area contributed by atoms with Crippen molar-refractivity contribution in [3.63, 3.8) is 0 Å². The van der Waals surface area contributed by atoms with Crippen LogP contribution < -0.4 is 11.1 Å². The third kappa shape index (κ3) is 1.93. The van der Waals surface area contributed by atoms with Gasteiger partial charge in [-0.15, -0.1) is 0 Å². The molecule has 1 aromatic heterocycles. The molecule has 0 radical (unpaired) electrons. The number of nitrogen functional groups attached to an aromatic ring is 1. The molecule has 1 aromatic carbocycles. The maximum Gasteiger partial charge on any atom is 0.0437 e. The van der Waals surface area contributed by atoms with Crippen molar-refractivity contribution in [2.24, 2.45) is 5.41 Å². The van der Waals surface area contributed by atoms with Crippen molar-refractivity contribution in [3.8, 4) is 0 Å². The van der Waals surface area contributed by atoms with Crippen molar-refractivity contribution in [3.05, 3.63) is 30.6 Å². The number of pyridine rings is 1. The lowest BCUT2D eigenvalue weighted by Gasteiger charge is -2.14. The molecule has 17 heavy (non-hydrogen) atoms. The van der Waals surface area contributed by atoms with Crippen LogP contribution in [0.1, 0.15) is 19.8 Å². The first-order valence-electron chi connectivity index (χ1n) is 6.04. The van der Waals surface area contributed by atoms with Crippen LogP contribution in [-0.4, -0.2) is 11.5 Å². The van der Waals surface area contributed by atoms with E-state index in [1.54, 1.807) is 6.20 Å².